The van der Waals surface area contributed by atoms with Crippen LogP contribution in [0.3, 0.4) is 0 Å². The zero-order chi connectivity index (χ0) is 27.0. The molecule has 4 aromatic rings. The van der Waals surface area contributed by atoms with Crippen molar-refractivity contribution in [3.8, 4) is 0 Å². The molecule has 1 heterocycles. The molecule has 0 N–H and O–H groups in total. The van der Waals surface area contributed by atoms with Gasteiger partial charge in [0.1, 0.15) is 15.2 Å². The van der Waals surface area contributed by atoms with E-state index in [2.05, 4.69) is 24.3 Å². The van der Waals surface area contributed by atoms with Crippen molar-refractivity contribution < 1.29 is 26.3 Å². The van der Waals surface area contributed by atoms with Gasteiger partial charge < -0.3 is 0 Å². The summed E-state index contributed by atoms with van der Waals surface area (Å²) in [6.07, 6.45) is -7.06. The van der Waals surface area contributed by atoms with Crippen LogP contribution < -0.4 is 20.7 Å². The van der Waals surface area contributed by atoms with E-state index in [1.807, 2.05) is 36.4 Å². The first-order valence-corrected chi connectivity index (χ1v) is 18.0. The Balaban J connectivity index is 1.85. The number of hydrogen-bond acceptors (Lipinski definition) is 0. The summed E-state index contributed by atoms with van der Waals surface area (Å²) < 4.78 is 81.1. The van der Waals surface area contributed by atoms with Crippen molar-refractivity contribution in [2.75, 3.05) is 0 Å². The van der Waals surface area contributed by atoms with E-state index in [9.17, 15) is 26.3 Å². The van der Waals surface area contributed by atoms with Gasteiger partial charge in [-0.15, -0.1) is 0 Å². The van der Waals surface area contributed by atoms with Crippen LogP contribution in [0.4, 0.5) is 26.3 Å². The van der Waals surface area contributed by atoms with Gasteiger partial charge in [-0.3, -0.25) is 0 Å². The predicted molar refractivity (Wildman–Crippen MR) is 145 cm³/mol. The third-order valence-electron chi connectivity index (χ3n) is 8.03. The summed E-state index contributed by atoms with van der Waals surface area (Å²) in [7, 11) is -5.70. The van der Waals surface area contributed by atoms with Crippen LogP contribution in [0.1, 0.15) is 24.0 Å². The molecule has 0 bridgehead atoms. The molecule has 4 aromatic carbocycles. The van der Waals surface area contributed by atoms with Crippen LogP contribution in [0.5, 0.6) is 0 Å². The molecule has 1 saturated heterocycles. The second-order valence-electron chi connectivity index (χ2n) is 9.90. The normalized spacial score (nSPS) is 22.3. The first-order valence-electron chi connectivity index (χ1n) is 12.6. The minimum atomic E-state index is -4.45. The highest BCUT2D eigenvalue weighted by molar-refractivity contribution is 7.59. The van der Waals surface area contributed by atoms with Gasteiger partial charge in [0, 0.05) is 0 Å². The summed E-state index contributed by atoms with van der Waals surface area (Å²) in [4.78, 5) is 0. The van der Waals surface area contributed by atoms with Gasteiger partial charge in [0.15, 0.2) is 0 Å². The lowest BCUT2D eigenvalue weighted by atomic mass is 10.2. The van der Waals surface area contributed by atoms with Crippen molar-refractivity contribution in [3.63, 3.8) is 0 Å². The van der Waals surface area contributed by atoms with Crippen molar-refractivity contribution >= 4 is 35.9 Å². The number of hydrogen-bond donors (Lipinski definition) is 0. The van der Waals surface area contributed by atoms with Crippen molar-refractivity contribution in [3.05, 3.63) is 120 Å². The Morgan fingerprint density at radius 3 is 0.974 bits per heavy atom. The fourth-order valence-electron chi connectivity index (χ4n) is 6.44. The summed E-state index contributed by atoms with van der Waals surface area (Å²) in [6.45, 7) is 0. The van der Waals surface area contributed by atoms with E-state index >= 15 is 0 Å². The Morgan fingerprint density at radius 1 is 0.395 bits per heavy atom. The second-order valence-corrected chi connectivity index (χ2v) is 22.0. The first-order chi connectivity index (χ1) is 18.1. The maximum absolute atomic E-state index is 13.5. The minimum absolute atomic E-state index is 0.698. The molecule has 0 aliphatic carbocycles. The lowest BCUT2D eigenvalue weighted by Gasteiger charge is -2.52. The highest BCUT2D eigenvalue weighted by Gasteiger charge is 2.60. The summed E-state index contributed by atoms with van der Waals surface area (Å²) in [6, 6.07) is 32.8. The first kappa shape index (κ1) is 26.5. The van der Waals surface area contributed by atoms with E-state index in [4.69, 9.17) is 0 Å². The van der Waals surface area contributed by atoms with Crippen LogP contribution in [0.2, 0.25) is 12.1 Å². The average molecular weight is 557 g/mol. The number of halogens is 6. The van der Waals surface area contributed by atoms with Crippen molar-refractivity contribution in [2.24, 2.45) is 0 Å². The summed E-state index contributed by atoms with van der Waals surface area (Å²) in [5.74, 6) is 0. The van der Waals surface area contributed by atoms with Crippen LogP contribution in [0, 0.1) is 0 Å². The smallest absolute Gasteiger partial charge is 0.166 e. The van der Waals surface area contributed by atoms with Gasteiger partial charge in [0.05, 0.1) is 11.1 Å². The zero-order valence-corrected chi connectivity index (χ0v) is 22.5. The average Bonchev–Trinajstić information content (AvgIpc) is 2.93. The molecular formula is C30H26F6Si2. The van der Waals surface area contributed by atoms with Crippen LogP contribution in [-0.4, -0.2) is 15.2 Å². The van der Waals surface area contributed by atoms with Gasteiger partial charge in [-0.2, -0.15) is 26.3 Å². The van der Waals surface area contributed by atoms with E-state index in [1.54, 1.807) is 24.3 Å². The van der Waals surface area contributed by atoms with E-state index < -0.39 is 38.7 Å². The van der Waals surface area contributed by atoms with Crippen molar-refractivity contribution in [2.45, 2.75) is 37.3 Å². The molecule has 0 radical (unpaired) electrons. The zero-order valence-electron chi connectivity index (χ0n) is 20.5. The lowest BCUT2D eigenvalue weighted by Crippen LogP contribution is -2.86. The molecule has 0 unspecified atom stereocenters. The fraction of sp³-hybridized carbons (Fsp3) is 0.200. The van der Waals surface area contributed by atoms with Gasteiger partial charge >= 0.3 is 12.4 Å². The Kier molecular flexibility index (Phi) is 6.90. The Morgan fingerprint density at radius 2 is 0.684 bits per heavy atom. The van der Waals surface area contributed by atoms with Crippen LogP contribution in [0.15, 0.2) is 109 Å². The molecule has 0 nitrogen and oxygen atoms in total. The molecule has 196 valence electrons. The molecule has 0 amide bonds. The lowest BCUT2D eigenvalue weighted by molar-refractivity contribution is -0.138. The molecule has 0 saturated carbocycles. The van der Waals surface area contributed by atoms with Gasteiger partial charge in [0.2, 0.25) is 0 Å². The van der Waals surface area contributed by atoms with E-state index in [0.29, 0.717) is 0 Å². The summed E-state index contributed by atoms with van der Waals surface area (Å²) in [5, 5.41) is 4.06. The standard InChI is InChI=1S/C30H26F6Si2/c31-29(32,33)23-13-17-27(18-14-23)37(25-9-3-1-4-10-25)21-7-8-22-38(37,26-11-5-2-6-12-26)28-19-15-24(16-20-28)30(34,35)36/h1-6,9-20H,7-8,21-22H2/t37-,38-/m1/s1. The molecule has 5 rings (SSSR count). The van der Waals surface area contributed by atoms with Crippen LogP contribution in [-0.2, 0) is 12.4 Å². The fourth-order valence-corrected chi connectivity index (χ4v) is 27.2. The molecule has 1 aliphatic rings. The maximum Gasteiger partial charge on any atom is 0.416 e. The molecule has 0 aromatic heterocycles. The Bertz CT molecular complexity index is 1260. The van der Waals surface area contributed by atoms with E-state index in [-0.39, 0.29) is 0 Å². The minimum Gasteiger partial charge on any atom is -0.166 e. The SMILES string of the molecule is FC(F)(F)c1ccc([Si@]2(c3ccccc3)CCCC[Si@@]2(c2ccccc2)c2ccc(C(F)(F)F)cc2)cc1. The largest absolute Gasteiger partial charge is 0.416 e. The molecule has 1 aliphatic heterocycles. The Hall–Kier alpha value is -3.11. The summed E-state index contributed by atoms with van der Waals surface area (Å²) >= 11 is 0. The van der Waals surface area contributed by atoms with E-state index in [1.165, 1.54) is 24.3 Å². The molecule has 8 heteroatoms. The molecule has 0 spiro atoms. The highest BCUT2D eigenvalue weighted by atomic mass is 29.3. The third kappa shape index (κ3) is 4.43. The highest BCUT2D eigenvalue weighted by Crippen LogP contribution is 2.37. The van der Waals surface area contributed by atoms with Gasteiger partial charge in [-0.1, -0.05) is 155 Å². The molecule has 1 fully saturated rings. The number of alkyl halides is 6. The van der Waals surface area contributed by atoms with Gasteiger partial charge in [-0.05, 0) is 0 Å². The van der Waals surface area contributed by atoms with E-state index in [0.717, 1.165) is 45.7 Å². The molecular weight excluding hydrogens is 530 g/mol. The monoisotopic (exact) mass is 556 g/mol. The number of rotatable bonds is 4. The summed E-state index contributed by atoms with van der Waals surface area (Å²) in [5.41, 5.74) is -1.40. The second kappa shape index (κ2) is 9.89. The quantitative estimate of drug-likeness (QED) is 0.201. The topological polar surface area (TPSA) is 0 Å². The van der Waals surface area contributed by atoms with Crippen molar-refractivity contribution in [1.82, 2.24) is 0 Å². The van der Waals surface area contributed by atoms with Gasteiger partial charge in [-0.25, -0.2) is 0 Å². The van der Waals surface area contributed by atoms with Crippen molar-refractivity contribution in [1.29, 1.82) is 0 Å². The van der Waals surface area contributed by atoms with Gasteiger partial charge in [0.25, 0.3) is 0 Å². The third-order valence-corrected chi connectivity index (χ3v) is 26.3. The van der Waals surface area contributed by atoms with Crippen LogP contribution in [0.25, 0.3) is 0 Å². The number of benzene rings is 4. The Labute approximate surface area is 219 Å². The maximum atomic E-state index is 13.5. The molecule has 38 heavy (non-hydrogen) atoms. The predicted octanol–water partition coefficient (Wildman–Crippen LogP) is 6.42. The molecule has 2 atom stereocenters. The van der Waals surface area contributed by atoms with Crippen LogP contribution >= 0.6 is 0 Å².